The number of ether oxygens (including phenoxy) is 1. The molecule has 9 heteroatoms. The number of para-hydroxylation sites is 1. The summed E-state index contributed by atoms with van der Waals surface area (Å²) in [5.74, 6) is 0.267. The molecule has 1 fully saturated rings. The molecule has 8 nitrogen and oxygen atoms in total. The molecule has 0 spiro atoms. The Morgan fingerprint density at radius 3 is 2.80 bits per heavy atom. The van der Waals surface area contributed by atoms with Gasteiger partial charge in [-0.15, -0.1) is 0 Å². The van der Waals surface area contributed by atoms with E-state index < -0.39 is 16.1 Å². The van der Waals surface area contributed by atoms with Crippen molar-refractivity contribution in [3.63, 3.8) is 0 Å². The number of sulfonamides is 1. The number of likely N-dealkylation sites (tertiary alicyclic amines) is 1. The maximum atomic E-state index is 12.6. The van der Waals surface area contributed by atoms with Gasteiger partial charge in [-0.3, -0.25) is 4.79 Å². The third-order valence-electron chi connectivity index (χ3n) is 4.50. The summed E-state index contributed by atoms with van der Waals surface area (Å²) in [4.78, 5) is 14.2. The number of hydrogen-bond acceptors (Lipinski definition) is 6. The second kappa shape index (κ2) is 6.16. The van der Waals surface area contributed by atoms with Crippen LogP contribution in [0, 0.1) is 0 Å². The molecular formula is C16H17N3O5S. The van der Waals surface area contributed by atoms with Gasteiger partial charge in [0.25, 0.3) is 5.91 Å². The van der Waals surface area contributed by atoms with E-state index in [2.05, 4.69) is 9.88 Å². The second-order valence-corrected chi connectivity index (χ2v) is 7.76. The van der Waals surface area contributed by atoms with Crippen molar-refractivity contribution in [3.8, 4) is 5.75 Å². The Balaban J connectivity index is 1.58. The molecule has 2 aliphatic rings. The van der Waals surface area contributed by atoms with Gasteiger partial charge in [-0.2, -0.15) is 0 Å². The first-order valence-corrected chi connectivity index (χ1v) is 9.51. The van der Waals surface area contributed by atoms with Gasteiger partial charge >= 0.3 is 0 Å². The zero-order valence-corrected chi connectivity index (χ0v) is 14.1. The SMILES string of the molecule is O=C(c1ccno1)N1CC[C@@H]2NS(=O)(=O)c3ccccc3O[C@H]2CC1. The third kappa shape index (κ3) is 3.00. The lowest BCUT2D eigenvalue weighted by atomic mass is 10.1. The first-order valence-electron chi connectivity index (χ1n) is 8.02. The smallest absolute Gasteiger partial charge is 0.292 e. The number of benzene rings is 1. The van der Waals surface area contributed by atoms with Gasteiger partial charge in [-0.25, -0.2) is 13.1 Å². The summed E-state index contributed by atoms with van der Waals surface area (Å²) in [7, 11) is -3.65. The molecule has 0 saturated carbocycles. The van der Waals surface area contributed by atoms with Crippen LogP contribution in [-0.2, 0) is 10.0 Å². The fourth-order valence-electron chi connectivity index (χ4n) is 3.23. The molecule has 1 N–H and O–H groups in total. The minimum absolute atomic E-state index is 0.151. The van der Waals surface area contributed by atoms with Crippen LogP contribution in [0.25, 0.3) is 0 Å². The summed E-state index contributed by atoms with van der Waals surface area (Å²) in [6, 6.07) is 7.71. The van der Waals surface area contributed by atoms with E-state index in [-0.39, 0.29) is 22.7 Å². The molecular weight excluding hydrogens is 346 g/mol. The Morgan fingerprint density at radius 1 is 1.20 bits per heavy atom. The Bertz CT molecular complexity index is 881. The van der Waals surface area contributed by atoms with Crippen molar-refractivity contribution in [1.82, 2.24) is 14.8 Å². The zero-order chi connectivity index (χ0) is 17.4. The van der Waals surface area contributed by atoms with Gasteiger partial charge in [0.05, 0.1) is 12.2 Å². The van der Waals surface area contributed by atoms with E-state index in [1.807, 2.05) is 0 Å². The van der Waals surface area contributed by atoms with E-state index >= 15 is 0 Å². The molecule has 2 atom stereocenters. The van der Waals surface area contributed by atoms with E-state index in [0.29, 0.717) is 31.7 Å². The zero-order valence-electron chi connectivity index (χ0n) is 13.3. The van der Waals surface area contributed by atoms with Crippen LogP contribution in [0.5, 0.6) is 5.75 Å². The minimum Gasteiger partial charge on any atom is -0.487 e. The third-order valence-corrected chi connectivity index (χ3v) is 6.03. The highest BCUT2D eigenvalue weighted by Crippen LogP contribution is 2.31. The average Bonchev–Trinajstić information content (AvgIpc) is 3.03. The number of nitrogens with zero attached hydrogens (tertiary/aromatic N) is 2. The van der Waals surface area contributed by atoms with Crippen molar-refractivity contribution >= 4 is 15.9 Å². The van der Waals surface area contributed by atoms with Crippen molar-refractivity contribution in [2.75, 3.05) is 13.1 Å². The summed E-state index contributed by atoms with van der Waals surface area (Å²) in [5, 5.41) is 3.55. The quantitative estimate of drug-likeness (QED) is 0.812. The predicted octanol–water partition coefficient (Wildman–Crippen LogP) is 1.02. The molecule has 1 aromatic heterocycles. The first-order chi connectivity index (χ1) is 12.0. The number of rotatable bonds is 1. The summed E-state index contributed by atoms with van der Waals surface area (Å²) in [5.41, 5.74) is 0. The Kier molecular flexibility index (Phi) is 3.97. The lowest BCUT2D eigenvalue weighted by Gasteiger charge is -2.22. The molecule has 25 heavy (non-hydrogen) atoms. The van der Waals surface area contributed by atoms with Crippen LogP contribution in [0.15, 0.2) is 45.9 Å². The highest BCUT2D eigenvalue weighted by atomic mass is 32.2. The molecule has 4 rings (SSSR count). The number of aromatic nitrogens is 1. The average molecular weight is 363 g/mol. The molecule has 3 heterocycles. The van der Waals surface area contributed by atoms with Gasteiger partial charge in [0, 0.05) is 25.6 Å². The fraction of sp³-hybridized carbons (Fsp3) is 0.375. The number of carbonyl (C=O) groups excluding carboxylic acids is 1. The normalized spacial score (nSPS) is 25.0. The Hall–Kier alpha value is -2.39. The molecule has 2 aliphatic heterocycles. The first kappa shape index (κ1) is 16.1. The number of amides is 1. The standard InChI is InChI=1S/C16H17N3O5S/c20-16(14-5-8-17-24-14)19-9-6-11-12(7-10-19)23-13-3-1-2-4-15(13)25(21,22)18-11/h1-5,8,11-12,18H,6-7,9-10H2/t11-,12-/m0/s1. The van der Waals surface area contributed by atoms with Crippen molar-refractivity contribution in [1.29, 1.82) is 0 Å². The second-order valence-electron chi connectivity index (χ2n) is 6.08. The molecule has 1 aromatic carbocycles. The Morgan fingerprint density at radius 2 is 2.00 bits per heavy atom. The van der Waals surface area contributed by atoms with Gasteiger partial charge in [-0.05, 0) is 18.6 Å². The lowest BCUT2D eigenvalue weighted by Crippen LogP contribution is -2.43. The van der Waals surface area contributed by atoms with Gasteiger partial charge in [0.15, 0.2) is 0 Å². The van der Waals surface area contributed by atoms with E-state index in [9.17, 15) is 13.2 Å². The van der Waals surface area contributed by atoms with E-state index in [1.54, 1.807) is 23.1 Å². The monoisotopic (exact) mass is 363 g/mol. The molecule has 1 amide bonds. The van der Waals surface area contributed by atoms with Crippen molar-refractivity contribution in [2.45, 2.75) is 29.9 Å². The highest BCUT2D eigenvalue weighted by molar-refractivity contribution is 7.89. The molecule has 0 unspecified atom stereocenters. The molecule has 132 valence electrons. The lowest BCUT2D eigenvalue weighted by molar-refractivity contribution is 0.0713. The fourth-order valence-corrected chi connectivity index (χ4v) is 4.67. The predicted molar refractivity (Wildman–Crippen MR) is 86.6 cm³/mol. The maximum absolute atomic E-state index is 12.6. The highest BCUT2D eigenvalue weighted by Gasteiger charge is 2.37. The number of fused-ring (bicyclic) bond motifs is 2. The van der Waals surface area contributed by atoms with E-state index in [0.717, 1.165) is 0 Å². The van der Waals surface area contributed by atoms with Crippen LogP contribution in [0.3, 0.4) is 0 Å². The summed E-state index contributed by atoms with van der Waals surface area (Å²) in [6.45, 7) is 0.855. The molecule has 1 saturated heterocycles. The minimum atomic E-state index is -3.65. The molecule has 0 aliphatic carbocycles. The van der Waals surface area contributed by atoms with Crippen LogP contribution in [0.1, 0.15) is 23.4 Å². The van der Waals surface area contributed by atoms with Crippen molar-refractivity contribution in [3.05, 3.63) is 42.3 Å². The number of nitrogens with one attached hydrogen (secondary N) is 1. The number of carbonyl (C=O) groups is 1. The molecule has 0 bridgehead atoms. The summed E-state index contributed by atoms with van der Waals surface area (Å²) < 4.78 is 38.8. The van der Waals surface area contributed by atoms with Crippen LogP contribution < -0.4 is 9.46 Å². The van der Waals surface area contributed by atoms with Gasteiger partial charge in [0.1, 0.15) is 16.7 Å². The van der Waals surface area contributed by atoms with Gasteiger partial charge in [-0.1, -0.05) is 17.3 Å². The van der Waals surface area contributed by atoms with Gasteiger partial charge < -0.3 is 14.2 Å². The Labute approximate surface area is 144 Å². The molecule has 2 aromatic rings. The largest absolute Gasteiger partial charge is 0.487 e. The van der Waals surface area contributed by atoms with Crippen LogP contribution >= 0.6 is 0 Å². The topological polar surface area (TPSA) is 102 Å². The summed E-state index contributed by atoms with van der Waals surface area (Å²) in [6.07, 6.45) is 2.05. The molecule has 0 radical (unpaired) electrons. The number of hydrogen-bond donors (Lipinski definition) is 1. The van der Waals surface area contributed by atoms with E-state index in [1.165, 1.54) is 18.3 Å². The maximum Gasteiger partial charge on any atom is 0.292 e. The van der Waals surface area contributed by atoms with Crippen molar-refractivity contribution in [2.24, 2.45) is 0 Å². The van der Waals surface area contributed by atoms with E-state index in [4.69, 9.17) is 9.26 Å². The van der Waals surface area contributed by atoms with Crippen molar-refractivity contribution < 1.29 is 22.5 Å². The van der Waals surface area contributed by atoms with Crippen LogP contribution in [-0.4, -0.2) is 49.6 Å². The summed E-state index contributed by atoms with van der Waals surface area (Å²) >= 11 is 0. The van der Waals surface area contributed by atoms with Gasteiger partial charge in [0.2, 0.25) is 15.8 Å². The van der Waals surface area contributed by atoms with Crippen LogP contribution in [0.2, 0.25) is 0 Å². The van der Waals surface area contributed by atoms with Crippen LogP contribution in [0.4, 0.5) is 0 Å².